The normalized spacial score (nSPS) is 11.5. The first-order chi connectivity index (χ1) is 10.2. The summed E-state index contributed by atoms with van der Waals surface area (Å²) in [5.74, 6) is 0. The first kappa shape index (κ1) is 13.9. The van der Waals surface area contributed by atoms with Crippen molar-refractivity contribution in [3.05, 3.63) is 46.4 Å². The Kier molecular flexibility index (Phi) is 3.82. The van der Waals surface area contributed by atoms with Crippen LogP contribution in [0.25, 0.3) is 21.9 Å². The van der Waals surface area contributed by atoms with Crippen LogP contribution in [-0.4, -0.2) is 4.57 Å². The minimum atomic E-state index is -0.294. The maximum absolute atomic E-state index is 11.3. The van der Waals surface area contributed by atoms with E-state index >= 15 is 0 Å². The second-order valence-electron chi connectivity index (χ2n) is 5.67. The van der Waals surface area contributed by atoms with Crippen molar-refractivity contribution in [2.45, 2.75) is 39.0 Å². The molecule has 0 bridgehead atoms. The van der Waals surface area contributed by atoms with E-state index in [1.54, 1.807) is 0 Å². The molecule has 0 aliphatic heterocycles. The molecular formula is C18H21NO2. The predicted octanol–water partition coefficient (Wildman–Crippen LogP) is 4.41. The highest BCUT2D eigenvalue weighted by atomic mass is 16.4. The van der Waals surface area contributed by atoms with Gasteiger partial charge in [-0.15, -0.1) is 0 Å². The minimum Gasteiger partial charge on any atom is -0.423 e. The van der Waals surface area contributed by atoms with Gasteiger partial charge in [-0.2, -0.15) is 0 Å². The minimum absolute atomic E-state index is 0.294. The monoisotopic (exact) mass is 283 g/mol. The van der Waals surface area contributed by atoms with E-state index in [-0.39, 0.29) is 5.63 Å². The van der Waals surface area contributed by atoms with E-state index in [0.717, 1.165) is 11.8 Å². The lowest BCUT2D eigenvalue weighted by molar-refractivity contribution is 0.561. The van der Waals surface area contributed by atoms with Crippen LogP contribution in [0.5, 0.6) is 0 Å². The molecule has 0 spiro atoms. The summed E-state index contributed by atoms with van der Waals surface area (Å²) in [5, 5.41) is 2.19. The Bertz CT molecular complexity index is 826. The summed E-state index contributed by atoms with van der Waals surface area (Å²) >= 11 is 0. The van der Waals surface area contributed by atoms with Crippen LogP contribution in [0.2, 0.25) is 0 Å². The first-order valence-corrected chi connectivity index (χ1v) is 7.72. The third-order valence-corrected chi connectivity index (χ3v) is 4.21. The Labute approximate surface area is 124 Å². The van der Waals surface area contributed by atoms with Crippen molar-refractivity contribution in [2.75, 3.05) is 0 Å². The predicted molar refractivity (Wildman–Crippen MR) is 86.8 cm³/mol. The van der Waals surface area contributed by atoms with Gasteiger partial charge in [0.25, 0.3) is 0 Å². The van der Waals surface area contributed by atoms with Crippen molar-refractivity contribution >= 4 is 21.9 Å². The molecule has 0 aliphatic rings. The van der Waals surface area contributed by atoms with Crippen LogP contribution < -0.4 is 5.63 Å². The molecule has 3 rings (SSSR count). The third-order valence-electron chi connectivity index (χ3n) is 4.21. The maximum atomic E-state index is 11.3. The molecule has 0 N–H and O–H groups in total. The molecule has 3 aromatic rings. The molecule has 0 saturated carbocycles. The lowest BCUT2D eigenvalue weighted by Gasteiger charge is -2.04. The smallest absolute Gasteiger partial charge is 0.336 e. The Morgan fingerprint density at radius 2 is 1.90 bits per heavy atom. The van der Waals surface area contributed by atoms with Crippen LogP contribution >= 0.6 is 0 Å². The second-order valence-corrected chi connectivity index (χ2v) is 5.67. The highest BCUT2D eigenvalue weighted by molar-refractivity contribution is 6.04. The average Bonchev–Trinajstić information content (AvgIpc) is 2.80. The molecule has 3 heteroatoms. The molecule has 0 atom stereocenters. The Morgan fingerprint density at radius 3 is 2.71 bits per heavy atom. The summed E-state index contributed by atoms with van der Waals surface area (Å²) in [6.45, 7) is 2.23. The Hall–Kier alpha value is -2.03. The van der Waals surface area contributed by atoms with Crippen molar-refractivity contribution < 1.29 is 4.42 Å². The summed E-state index contributed by atoms with van der Waals surface area (Å²) in [4.78, 5) is 11.3. The highest BCUT2D eigenvalue weighted by Crippen LogP contribution is 2.27. The number of rotatable bonds is 5. The third kappa shape index (κ3) is 2.60. The van der Waals surface area contributed by atoms with Crippen LogP contribution in [-0.2, 0) is 13.5 Å². The number of benzene rings is 1. The summed E-state index contributed by atoms with van der Waals surface area (Å²) in [5.41, 5.74) is 2.91. The molecule has 0 amide bonds. The quantitative estimate of drug-likeness (QED) is 0.513. The van der Waals surface area contributed by atoms with Crippen LogP contribution in [0.1, 0.15) is 38.3 Å². The topological polar surface area (TPSA) is 35.1 Å². The van der Waals surface area contributed by atoms with Crippen molar-refractivity contribution in [1.29, 1.82) is 0 Å². The maximum Gasteiger partial charge on any atom is 0.336 e. The van der Waals surface area contributed by atoms with Gasteiger partial charge in [-0.1, -0.05) is 26.2 Å². The van der Waals surface area contributed by atoms with E-state index in [9.17, 15) is 4.79 Å². The van der Waals surface area contributed by atoms with Crippen molar-refractivity contribution in [3.63, 3.8) is 0 Å². The fourth-order valence-corrected chi connectivity index (χ4v) is 2.99. The summed E-state index contributed by atoms with van der Waals surface area (Å²) in [6.07, 6.45) is 6.18. The first-order valence-electron chi connectivity index (χ1n) is 7.72. The molecule has 1 aromatic carbocycles. The number of hydrogen-bond acceptors (Lipinski definition) is 2. The standard InChI is InChI=1S/C18H21NO2/c1-3-4-5-6-7-13-12-15-14-8-11-18(20)21-17(14)10-9-16(15)19(13)2/h8-12H,3-7H2,1-2H3. The summed E-state index contributed by atoms with van der Waals surface area (Å²) in [6, 6.07) is 9.53. The largest absolute Gasteiger partial charge is 0.423 e. The SMILES string of the molecule is CCCCCCc1cc2c3ccc(=O)oc3ccc2n1C. The van der Waals surface area contributed by atoms with Crippen LogP contribution in [0.4, 0.5) is 0 Å². The van der Waals surface area contributed by atoms with E-state index in [2.05, 4.69) is 24.6 Å². The summed E-state index contributed by atoms with van der Waals surface area (Å²) < 4.78 is 7.52. The molecule has 3 nitrogen and oxygen atoms in total. The number of unbranched alkanes of at least 4 members (excludes halogenated alkanes) is 3. The molecule has 0 saturated heterocycles. The van der Waals surface area contributed by atoms with Gasteiger partial charge in [0, 0.05) is 35.1 Å². The molecule has 2 heterocycles. The zero-order valence-electron chi connectivity index (χ0n) is 12.7. The molecule has 0 radical (unpaired) electrons. The number of hydrogen-bond donors (Lipinski definition) is 0. The van der Waals surface area contributed by atoms with Crippen molar-refractivity contribution in [3.8, 4) is 0 Å². The van der Waals surface area contributed by atoms with Gasteiger partial charge >= 0.3 is 5.63 Å². The summed E-state index contributed by atoms with van der Waals surface area (Å²) in [7, 11) is 2.11. The second kappa shape index (κ2) is 5.76. The lowest BCUT2D eigenvalue weighted by atomic mass is 10.1. The van der Waals surface area contributed by atoms with Gasteiger partial charge < -0.3 is 8.98 Å². The Balaban J connectivity index is 2.02. The van der Waals surface area contributed by atoms with Gasteiger partial charge in [-0.3, -0.25) is 0 Å². The molecular weight excluding hydrogens is 262 g/mol. The van der Waals surface area contributed by atoms with E-state index in [0.29, 0.717) is 5.58 Å². The number of aryl methyl sites for hydroxylation is 2. The average molecular weight is 283 g/mol. The number of fused-ring (bicyclic) bond motifs is 3. The van der Waals surface area contributed by atoms with Crippen LogP contribution in [0, 0.1) is 0 Å². The number of nitrogens with zero attached hydrogens (tertiary/aromatic N) is 1. The Morgan fingerprint density at radius 1 is 1.05 bits per heavy atom. The van der Waals surface area contributed by atoms with Gasteiger partial charge in [-0.25, -0.2) is 4.79 Å². The fourth-order valence-electron chi connectivity index (χ4n) is 2.99. The number of aromatic nitrogens is 1. The molecule has 110 valence electrons. The zero-order valence-corrected chi connectivity index (χ0v) is 12.7. The van der Waals surface area contributed by atoms with Crippen molar-refractivity contribution in [1.82, 2.24) is 4.57 Å². The zero-order chi connectivity index (χ0) is 14.8. The van der Waals surface area contributed by atoms with Gasteiger partial charge in [0.05, 0.1) is 0 Å². The van der Waals surface area contributed by atoms with Gasteiger partial charge in [0.15, 0.2) is 0 Å². The van der Waals surface area contributed by atoms with E-state index < -0.39 is 0 Å². The molecule has 21 heavy (non-hydrogen) atoms. The molecule has 0 fully saturated rings. The molecule has 2 aromatic heterocycles. The van der Waals surface area contributed by atoms with E-state index in [1.807, 2.05) is 18.2 Å². The van der Waals surface area contributed by atoms with Gasteiger partial charge in [0.1, 0.15) is 5.58 Å². The van der Waals surface area contributed by atoms with E-state index in [4.69, 9.17) is 4.42 Å². The lowest BCUT2D eigenvalue weighted by Crippen LogP contribution is -1.96. The van der Waals surface area contributed by atoms with Crippen LogP contribution in [0.15, 0.2) is 39.5 Å². The van der Waals surface area contributed by atoms with Crippen molar-refractivity contribution in [2.24, 2.45) is 7.05 Å². The fraction of sp³-hybridized carbons (Fsp3) is 0.389. The van der Waals surface area contributed by atoms with Gasteiger partial charge in [0.2, 0.25) is 0 Å². The van der Waals surface area contributed by atoms with Crippen LogP contribution in [0.3, 0.4) is 0 Å². The van der Waals surface area contributed by atoms with Gasteiger partial charge in [-0.05, 0) is 37.1 Å². The molecule has 0 aliphatic carbocycles. The van der Waals surface area contributed by atoms with E-state index in [1.165, 1.54) is 48.3 Å². The highest BCUT2D eigenvalue weighted by Gasteiger charge is 2.09. The molecule has 0 unspecified atom stereocenters.